The van der Waals surface area contributed by atoms with Crippen LogP contribution in [0.5, 0.6) is 0 Å². The molecule has 1 rings (SSSR count). The third kappa shape index (κ3) is 2.57. The van der Waals surface area contributed by atoms with Crippen LogP contribution in [-0.2, 0) is 4.74 Å². The van der Waals surface area contributed by atoms with Crippen LogP contribution in [0.2, 0.25) is 0 Å². The molecule has 0 aromatic rings. The van der Waals surface area contributed by atoms with Crippen molar-refractivity contribution in [1.82, 2.24) is 4.90 Å². The molecule has 5 heteroatoms. The van der Waals surface area contributed by atoms with E-state index in [1.54, 1.807) is 0 Å². The summed E-state index contributed by atoms with van der Waals surface area (Å²) in [5, 5.41) is 17.3. The Bertz CT molecular complexity index is 174. The van der Waals surface area contributed by atoms with E-state index in [1.165, 1.54) is 4.90 Å². The molecule has 1 saturated heterocycles. The van der Waals surface area contributed by atoms with Crippen molar-refractivity contribution < 1.29 is 19.7 Å². The Labute approximate surface area is 76.9 Å². The molecule has 0 aliphatic carbocycles. The van der Waals surface area contributed by atoms with Crippen LogP contribution >= 0.6 is 0 Å². The predicted molar refractivity (Wildman–Crippen MR) is 45.2 cm³/mol. The number of likely N-dealkylation sites (tertiary alicyclic amines) is 1. The van der Waals surface area contributed by atoms with Gasteiger partial charge in [0.2, 0.25) is 0 Å². The lowest BCUT2D eigenvalue weighted by molar-refractivity contribution is 0.0708. The van der Waals surface area contributed by atoms with Gasteiger partial charge in [-0.25, -0.2) is 4.79 Å². The normalized spacial score (nSPS) is 22.0. The number of hydrogen-bond donors (Lipinski definition) is 2. The lowest BCUT2D eigenvalue weighted by Gasteiger charge is -2.21. The first-order chi connectivity index (χ1) is 6.29. The van der Waals surface area contributed by atoms with E-state index in [2.05, 4.69) is 0 Å². The number of aliphatic hydroxyl groups is 2. The van der Waals surface area contributed by atoms with Gasteiger partial charge < -0.3 is 19.8 Å². The fourth-order valence-corrected chi connectivity index (χ4v) is 1.48. The van der Waals surface area contributed by atoms with E-state index in [9.17, 15) is 4.79 Å². The fourth-order valence-electron chi connectivity index (χ4n) is 1.48. The SMILES string of the molecule is O=C(OCCO)N1CCCC1CO. The van der Waals surface area contributed by atoms with Gasteiger partial charge in [-0.05, 0) is 12.8 Å². The van der Waals surface area contributed by atoms with Gasteiger partial charge in [-0.1, -0.05) is 0 Å². The lowest BCUT2D eigenvalue weighted by atomic mass is 10.2. The first-order valence-electron chi connectivity index (χ1n) is 4.44. The Morgan fingerprint density at radius 1 is 1.54 bits per heavy atom. The minimum atomic E-state index is -0.439. The van der Waals surface area contributed by atoms with E-state index in [4.69, 9.17) is 14.9 Å². The monoisotopic (exact) mass is 189 g/mol. The highest BCUT2D eigenvalue weighted by molar-refractivity contribution is 5.68. The summed E-state index contributed by atoms with van der Waals surface area (Å²) in [7, 11) is 0. The van der Waals surface area contributed by atoms with E-state index in [1.807, 2.05) is 0 Å². The maximum Gasteiger partial charge on any atom is 0.410 e. The van der Waals surface area contributed by atoms with Gasteiger partial charge in [-0.3, -0.25) is 0 Å². The van der Waals surface area contributed by atoms with Crippen molar-refractivity contribution in [2.45, 2.75) is 18.9 Å². The molecule has 2 N–H and O–H groups in total. The molecule has 1 amide bonds. The number of aliphatic hydroxyl groups excluding tert-OH is 2. The van der Waals surface area contributed by atoms with Crippen LogP contribution < -0.4 is 0 Å². The molecule has 1 aliphatic rings. The highest BCUT2D eigenvalue weighted by Gasteiger charge is 2.28. The zero-order valence-electron chi connectivity index (χ0n) is 7.48. The number of nitrogens with zero attached hydrogens (tertiary/aromatic N) is 1. The number of rotatable bonds is 3. The van der Waals surface area contributed by atoms with Gasteiger partial charge in [0.1, 0.15) is 6.61 Å². The molecule has 0 aromatic carbocycles. The number of hydrogen-bond acceptors (Lipinski definition) is 4. The van der Waals surface area contributed by atoms with Crippen LogP contribution in [0.25, 0.3) is 0 Å². The van der Waals surface area contributed by atoms with Crippen molar-refractivity contribution in [2.24, 2.45) is 0 Å². The van der Waals surface area contributed by atoms with Crippen LogP contribution in [0.4, 0.5) is 4.79 Å². The Morgan fingerprint density at radius 2 is 2.31 bits per heavy atom. The molecule has 1 unspecified atom stereocenters. The minimum absolute atomic E-state index is 0.0196. The smallest absolute Gasteiger partial charge is 0.410 e. The van der Waals surface area contributed by atoms with Crippen LogP contribution in [0, 0.1) is 0 Å². The van der Waals surface area contributed by atoms with Gasteiger partial charge in [0, 0.05) is 6.54 Å². The first-order valence-corrected chi connectivity index (χ1v) is 4.44. The van der Waals surface area contributed by atoms with E-state index in [0.29, 0.717) is 6.54 Å². The lowest BCUT2D eigenvalue weighted by Crippen LogP contribution is -2.38. The van der Waals surface area contributed by atoms with Gasteiger partial charge >= 0.3 is 6.09 Å². The number of amides is 1. The van der Waals surface area contributed by atoms with Crippen molar-refractivity contribution in [3.8, 4) is 0 Å². The second kappa shape index (κ2) is 5.04. The quantitative estimate of drug-likeness (QED) is 0.632. The summed E-state index contributed by atoms with van der Waals surface area (Å²) in [5.41, 5.74) is 0. The molecule has 13 heavy (non-hydrogen) atoms. The van der Waals surface area contributed by atoms with E-state index < -0.39 is 6.09 Å². The molecule has 0 aromatic heterocycles. The zero-order valence-corrected chi connectivity index (χ0v) is 7.48. The molecular weight excluding hydrogens is 174 g/mol. The van der Waals surface area contributed by atoms with Gasteiger partial charge in [0.25, 0.3) is 0 Å². The Kier molecular flexibility index (Phi) is 3.98. The highest BCUT2D eigenvalue weighted by atomic mass is 16.6. The summed E-state index contributed by atoms with van der Waals surface area (Å²) in [5.74, 6) is 0. The first kappa shape index (κ1) is 10.3. The molecule has 0 saturated carbocycles. The van der Waals surface area contributed by atoms with Crippen molar-refractivity contribution >= 4 is 6.09 Å². The second-order valence-electron chi connectivity index (χ2n) is 3.01. The van der Waals surface area contributed by atoms with Crippen molar-refractivity contribution in [2.75, 3.05) is 26.4 Å². The number of carbonyl (C=O) groups is 1. The van der Waals surface area contributed by atoms with Crippen molar-refractivity contribution in [1.29, 1.82) is 0 Å². The van der Waals surface area contributed by atoms with Gasteiger partial charge in [-0.2, -0.15) is 0 Å². The van der Waals surface area contributed by atoms with Crippen molar-refractivity contribution in [3.63, 3.8) is 0 Å². The van der Waals surface area contributed by atoms with Crippen molar-refractivity contribution in [3.05, 3.63) is 0 Å². The molecule has 1 heterocycles. The zero-order chi connectivity index (χ0) is 9.68. The third-order valence-corrected chi connectivity index (χ3v) is 2.14. The third-order valence-electron chi connectivity index (χ3n) is 2.14. The summed E-state index contributed by atoms with van der Waals surface area (Å²) in [6.07, 6.45) is 1.29. The van der Waals surface area contributed by atoms with Gasteiger partial charge in [-0.15, -0.1) is 0 Å². The van der Waals surface area contributed by atoms with Gasteiger partial charge in [0.15, 0.2) is 0 Å². The summed E-state index contributed by atoms with van der Waals surface area (Å²) in [6, 6.07) is -0.105. The molecule has 5 nitrogen and oxygen atoms in total. The van der Waals surface area contributed by atoms with Crippen LogP contribution in [0.1, 0.15) is 12.8 Å². The molecule has 1 atom stereocenters. The number of ether oxygens (including phenoxy) is 1. The van der Waals surface area contributed by atoms with E-state index in [0.717, 1.165) is 12.8 Å². The Hall–Kier alpha value is -0.810. The van der Waals surface area contributed by atoms with Crippen LogP contribution in [-0.4, -0.2) is 53.6 Å². The van der Waals surface area contributed by atoms with Crippen LogP contribution in [0.3, 0.4) is 0 Å². The average Bonchev–Trinajstić information content (AvgIpc) is 2.61. The van der Waals surface area contributed by atoms with Gasteiger partial charge in [0.05, 0.1) is 19.3 Å². The minimum Gasteiger partial charge on any atom is -0.447 e. The maximum absolute atomic E-state index is 11.3. The highest BCUT2D eigenvalue weighted by Crippen LogP contribution is 2.17. The largest absolute Gasteiger partial charge is 0.447 e. The Balaban J connectivity index is 2.36. The fraction of sp³-hybridized carbons (Fsp3) is 0.875. The topological polar surface area (TPSA) is 70.0 Å². The molecule has 1 fully saturated rings. The van der Waals surface area contributed by atoms with Crippen LogP contribution in [0.15, 0.2) is 0 Å². The molecule has 0 spiro atoms. The summed E-state index contributed by atoms with van der Waals surface area (Å²) in [4.78, 5) is 12.8. The maximum atomic E-state index is 11.3. The molecule has 76 valence electrons. The molecule has 0 radical (unpaired) electrons. The molecule has 1 aliphatic heterocycles. The van der Waals surface area contributed by atoms with E-state index >= 15 is 0 Å². The standard InChI is InChI=1S/C8H15NO4/c10-4-5-13-8(12)9-3-1-2-7(9)6-11/h7,10-11H,1-6H2. The Morgan fingerprint density at radius 3 is 2.92 bits per heavy atom. The predicted octanol–water partition coefficient (Wildman–Crippen LogP) is -0.428. The molecule has 0 bridgehead atoms. The second-order valence-corrected chi connectivity index (χ2v) is 3.01. The summed E-state index contributed by atoms with van der Waals surface area (Å²) < 4.78 is 4.73. The number of carbonyl (C=O) groups excluding carboxylic acids is 1. The summed E-state index contributed by atoms with van der Waals surface area (Å²) >= 11 is 0. The average molecular weight is 189 g/mol. The summed E-state index contributed by atoms with van der Waals surface area (Å²) in [6.45, 7) is 0.473. The van der Waals surface area contributed by atoms with E-state index in [-0.39, 0.29) is 25.9 Å². The molecular formula is C8H15NO4.